The molecule has 1 aromatic heterocycles. The van der Waals surface area contributed by atoms with Crippen LogP contribution in [0.2, 0.25) is 0 Å². The van der Waals surface area contributed by atoms with E-state index in [9.17, 15) is 9.90 Å². The summed E-state index contributed by atoms with van der Waals surface area (Å²) in [4.78, 5) is 22.7. The number of anilines is 1. The van der Waals surface area contributed by atoms with Crippen LogP contribution < -0.4 is 10.1 Å². The van der Waals surface area contributed by atoms with Gasteiger partial charge in [-0.05, 0) is 64.2 Å². The number of likely N-dealkylation sites (tertiary alicyclic amines) is 1. The Morgan fingerprint density at radius 3 is 2.81 bits per heavy atom. The number of nitrogens with zero attached hydrogens (tertiary/aromatic N) is 3. The molecule has 7 heteroatoms. The van der Waals surface area contributed by atoms with E-state index in [0.717, 1.165) is 31.5 Å². The van der Waals surface area contributed by atoms with Crippen LogP contribution in [0.3, 0.4) is 0 Å². The Labute approximate surface area is 153 Å². The van der Waals surface area contributed by atoms with E-state index >= 15 is 0 Å². The molecule has 0 bridgehead atoms. The van der Waals surface area contributed by atoms with Gasteiger partial charge >= 0.3 is 5.97 Å². The third kappa shape index (κ3) is 4.29. The average Bonchev–Trinajstić information content (AvgIpc) is 2.64. The fraction of sp³-hybridized carbons (Fsp3) is 0.421. The summed E-state index contributed by atoms with van der Waals surface area (Å²) in [6.07, 6.45) is 3.79. The Morgan fingerprint density at radius 1 is 1.35 bits per heavy atom. The highest BCUT2D eigenvalue weighted by Gasteiger charge is 2.18. The standard InChI is InChI=1S/C19H24N4O3/c1-3-26-17-5-4-13(12-15(17)18(24)25)16-6-9-20-19(22-16)21-14-7-10-23(2)11-8-14/h4-6,9,12,14H,3,7-8,10-11H2,1-2H3,(H,24,25)(H,20,21,22). The number of rotatable bonds is 6. The van der Waals surface area contributed by atoms with E-state index in [2.05, 4.69) is 27.2 Å². The number of carbonyl (C=O) groups is 1. The fourth-order valence-corrected chi connectivity index (χ4v) is 3.06. The zero-order valence-electron chi connectivity index (χ0n) is 15.1. The van der Waals surface area contributed by atoms with Gasteiger partial charge in [-0.3, -0.25) is 0 Å². The number of hydrogen-bond acceptors (Lipinski definition) is 6. The summed E-state index contributed by atoms with van der Waals surface area (Å²) in [5.74, 6) is -0.0840. The average molecular weight is 356 g/mol. The summed E-state index contributed by atoms with van der Waals surface area (Å²) in [6, 6.07) is 7.22. The first-order valence-electron chi connectivity index (χ1n) is 8.85. The largest absolute Gasteiger partial charge is 0.493 e. The molecule has 3 rings (SSSR count). The molecule has 0 spiro atoms. The number of aromatic nitrogens is 2. The zero-order valence-corrected chi connectivity index (χ0v) is 15.1. The van der Waals surface area contributed by atoms with E-state index in [1.54, 1.807) is 24.4 Å². The minimum absolute atomic E-state index is 0.132. The minimum atomic E-state index is -1.02. The van der Waals surface area contributed by atoms with Crippen LogP contribution in [0.15, 0.2) is 30.5 Å². The fourth-order valence-electron chi connectivity index (χ4n) is 3.06. The highest BCUT2D eigenvalue weighted by molar-refractivity contribution is 5.92. The Kier molecular flexibility index (Phi) is 5.68. The van der Waals surface area contributed by atoms with Crippen molar-refractivity contribution in [1.82, 2.24) is 14.9 Å². The summed E-state index contributed by atoms with van der Waals surface area (Å²) in [6.45, 7) is 4.35. The molecule has 26 heavy (non-hydrogen) atoms. The Hall–Kier alpha value is -2.67. The molecular weight excluding hydrogens is 332 g/mol. The number of carboxylic acid groups (broad SMARTS) is 1. The second kappa shape index (κ2) is 8.14. The molecule has 1 aliphatic heterocycles. The van der Waals surface area contributed by atoms with Crippen LogP contribution >= 0.6 is 0 Å². The van der Waals surface area contributed by atoms with E-state index in [0.29, 0.717) is 30.0 Å². The third-order valence-electron chi connectivity index (χ3n) is 4.51. The molecule has 0 atom stereocenters. The first kappa shape index (κ1) is 18.1. The molecule has 1 saturated heterocycles. The Bertz CT molecular complexity index is 773. The molecule has 0 saturated carbocycles. The first-order valence-corrected chi connectivity index (χ1v) is 8.85. The monoisotopic (exact) mass is 356 g/mol. The molecule has 1 fully saturated rings. The van der Waals surface area contributed by atoms with Crippen molar-refractivity contribution < 1.29 is 14.6 Å². The topological polar surface area (TPSA) is 87.6 Å². The predicted molar refractivity (Wildman–Crippen MR) is 99.7 cm³/mol. The number of ether oxygens (including phenoxy) is 1. The maximum absolute atomic E-state index is 11.5. The lowest BCUT2D eigenvalue weighted by Crippen LogP contribution is -2.37. The van der Waals surface area contributed by atoms with E-state index in [1.807, 2.05) is 13.0 Å². The van der Waals surface area contributed by atoms with Crippen molar-refractivity contribution in [3.8, 4) is 17.0 Å². The Balaban J connectivity index is 1.81. The second-order valence-corrected chi connectivity index (χ2v) is 6.44. The van der Waals surface area contributed by atoms with Crippen molar-refractivity contribution in [2.24, 2.45) is 0 Å². The molecule has 0 radical (unpaired) electrons. The van der Waals surface area contributed by atoms with Crippen LogP contribution in [-0.4, -0.2) is 58.7 Å². The van der Waals surface area contributed by atoms with E-state index in [1.165, 1.54) is 0 Å². The number of aromatic carboxylic acids is 1. The zero-order chi connectivity index (χ0) is 18.5. The van der Waals surface area contributed by atoms with Crippen molar-refractivity contribution in [2.75, 3.05) is 32.1 Å². The van der Waals surface area contributed by atoms with Gasteiger partial charge in [-0.15, -0.1) is 0 Å². The lowest BCUT2D eigenvalue weighted by Gasteiger charge is -2.29. The molecule has 0 unspecified atom stereocenters. The van der Waals surface area contributed by atoms with Gasteiger partial charge in [0, 0.05) is 17.8 Å². The van der Waals surface area contributed by atoms with Gasteiger partial charge in [0.1, 0.15) is 11.3 Å². The van der Waals surface area contributed by atoms with Gasteiger partial charge in [-0.25, -0.2) is 14.8 Å². The number of nitrogens with one attached hydrogen (secondary N) is 1. The lowest BCUT2D eigenvalue weighted by atomic mass is 10.1. The van der Waals surface area contributed by atoms with Crippen molar-refractivity contribution in [3.05, 3.63) is 36.0 Å². The van der Waals surface area contributed by atoms with Gasteiger partial charge in [0.25, 0.3) is 0 Å². The summed E-state index contributed by atoms with van der Waals surface area (Å²) in [5.41, 5.74) is 1.54. The highest BCUT2D eigenvalue weighted by Crippen LogP contribution is 2.26. The van der Waals surface area contributed by atoms with Gasteiger partial charge in [0.05, 0.1) is 12.3 Å². The van der Waals surface area contributed by atoms with E-state index in [-0.39, 0.29) is 5.56 Å². The van der Waals surface area contributed by atoms with Crippen molar-refractivity contribution in [1.29, 1.82) is 0 Å². The summed E-state index contributed by atoms with van der Waals surface area (Å²) in [7, 11) is 2.12. The highest BCUT2D eigenvalue weighted by atomic mass is 16.5. The van der Waals surface area contributed by atoms with Crippen LogP contribution in [-0.2, 0) is 0 Å². The SMILES string of the molecule is CCOc1ccc(-c2ccnc(NC3CCN(C)CC3)n2)cc1C(=O)O. The maximum Gasteiger partial charge on any atom is 0.339 e. The van der Waals surface area contributed by atoms with Crippen molar-refractivity contribution in [3.63, 3.8) is 0 Å². The summed E-state index contributed by atoms with van der Waals surface area (Å²) in [5, 5.41) is 12.8. The number of benzene rings is 1. The van der Waals surface area contributed by atoms with E-state index < -0.39 is 5.97 Å². The van der Waals surface area contributed by atoms with Gasteiger partial charge in [0.15, 0.2) is 0 Å². The minimum Gasteiger partial charge on any atom is -0.493 e. The number of piperidine rings is 1. The Morgan fingerprint density at radius 2 is 2.12 bits per heavy atom. The molecule has 2 N–H and O–H groups in total. The molecular formula is C19H24N4O3. The van der Waals surface area contributed by atoms with Crippen LogP contribution in [0.5, 0.6) is 5.75 Å². The maximum atomic E-state index is 11.5. The second-order valence-electron chi connectivity index (χ2n) is 6.44. The molecule has 1 aliphatic rings. The smallest absolute Gasteiger partial charge is 0.339 e. The van der Waals surface area contributed by atoms with E-state index in [4.69, 9.17) is 4.74 Å². The van der Waals surface area contributed by atoms with Gasteiger partial charge < -0.3 is 20.1 Å². The van der Waals surface area contributed by atoms with Crippen LogP contribution in [0, 0.1) is 0 Å². The normalized spacial score (nSPS) is 15.6. The quantitative estimate of drug-likeness (QED) is 0.823. The number of carboxylic acids is 1. The molecule has 2 heterocycles. The van der Waals surface area contributed by atoms with Crippen LogP contribution in [0.4, 0.5) is 5.95 Å². The molecule has 7 nitrogen and oxygen atoms in total. The van der Waals surface area contributed by atoms with Crippen molar-refractivity contribution >= 4 is 11.9 Å². The first-order chi connectivity index (χ1) is 12.6. The third-order valence-corrected chi connectivity index (χ3v) is 4.51. The molecule has 0 aliphatic carbocycles. The van der Waals surface area contributed by atoms with Crippen LogP contribution in [0.1, 0.15) is 30.1 Å². The molecule has 0 amide bonds. The van der Waals surface area contributed by atoms with Gasteiger partial charge in [-0.1, -0.05) is 0 Å². The van der Waals surface area contributed by atoms with Gasteiger partial charge in [-0.2, -0.15) is 0 Å². The number of hydrogen-bond donors (Lipinski definition) is 2. The van der Waals surface area contributed by atoms with Crippen LogP contribution in [0.25, 0.3) is 11.3 Å². The van der Waals surface area contributed by atoms with Crippen molar-refractivity contribution in [2.45, 2.75) is 25.8 Å². The lowest BCUT2D eigenvalue weighted by molar-refractivity contribution is 0.0692. The molecule has 2 aromatic rings. The summed E-state index contributed by atoms with van der Waals surface area (Å²) >= 11 is 0. The summed E-state index contributed by atoms with van der Waals surface area (Å²) < 4.78 is 5.39. The predicted octanol–water partition coefficient (Wildman–Crippen LogP) is 2.75. The molecule has 138 valence electrons. The van der Waals surface area contributed by atoms with Gasteiger partial charge in [0.2, 0.25) is 5.95 Å². The molecule has 1 aromatic carbocycles.